The van der Waals surface area contributed by atoms with Crippen molar-refractivity contribution in [2.24, 2.45) is 0 Å². The van der Waals surface area contributed by atoms with Gasteiger partial charge in [-0.2, -0.15) is 0 Å². The van der Waals surface area contributed by atoms with Crippen LogP contribution in [-0.2, 0) is 33.6 Å². The number of hydrogen-bond donors (Lipinski definition) is 1. The van der Waals surface area contributed by atoms with Crippen LogP contribution >= 0.6 is 0 Å². The van der Waals surface area contributed by atoms with Gasteiger partial charge in [-0.3, -0.25) is 14.4 Å². The highest BCUT2D eigenvalue weighted by atomic mass is 16.5. The highest BCUT2D eigenvalue weighted by molar-refractivity contribution is 5.97. The van der Waals surface area contributed by atoms with E-state index in [0.29, 0.717) is 11.3 Å². The number of carbonyl (C=O) groups is 3. The predicted molar refractivity (Wildman–Crippen MR) is 98.2 cm³/mol. The third-order valence-electron chi connectivity index (χ3n) is 4.43. The number of hydrogen-bond acceptors (Lipinski definition) is 4. The zero-order chi connectivity index (χ0) is 18.5. The average molecular weight is 351 g/mol. The van der Waals surface area contributed by atoms with Crippen molar-refractivity contribution in [1.29, 1.82) is 0 Å². The molecule has 0 unspecified atom stereocenters. The summed E-state index contributed by atoms with van der Waals surface area (Å²) in [5.41, 5.74) is 4.58. The number of Topliss-reactive ketones (excluding diaryl/α,β-unsaturated/α-hetero) is 1. The quantitative estimate of drug-likeness (QED) is 0.641. The topological polar surface area (TPSA) is 72.5 Å². The Morgan fingerprint density at radius 1 is 1.04 bits per heavy atom. The second kappa shape index (κ2) is 7.95. The van der Waals surface area contributed by atoms with E-state index in [0.717, 1.165) is 24.8 Å². The SMILES string of the molecule is CC(=O)c1cccc(NC(=O)COC(=O)Cc2ccc3c(c2)CCC3)c1. The van der Waals surface area contributed by atoms with Gasteiger partial charge in [0.25, 0.3) is 5.91 Å². The van der Waals surface area contributed by atoms with Crippen molar-refractivity contribution in [2.75, 3.05) is 11.9 Å². The normalized spacial score (nSPS) is 12.3. The summed E-state index contributed by atoms with van der Waals surface area (Å²) in [6, 6.07) is 12.7. The Bertz CT molecular complexity index is 857. The molecular weight excluding hydrogens is 330 g/mol. The van der Waals surface area contributed by atoms with Crippen molar-refractivity contribution >= 4 is 23.3 Å². The van der Waals surface area contributed by atoms with E-state index in [-0.39, 0.29) is 18.8 Å². The van der Waals surface area contributed by atoms with Crippen molar-refractivity contribution in [3.8, 4) is 0 Å². The number of fused-ring (bicyclic) bond motifs is 1. The fourth-order valence-corrected chi connectivity index (χ4v) is 3.11. The first kappa shape index (κ1) is 17.9. The number of ether oxygens (including phenoxy) is 1. The Labute approximate surface area is 152 Å². The second-order valence-electron chi connectivity index (χ2n) is 6.48. The number of carbonyl (C=O) groups excluding carboxylic acids is 3. The molecule has 134 valence electrons. The molecule has 0 saturated carbocycles. The molecule has 1 amide bonds. The molecule has 1 aliphatic carbocycles. The largest absolute Gasteiger partial charge is 0.455 e. The van der Waals surface area contributed by atoms with Crippen LogP contribution in [0.5, 0.6) is 0 Å². The highest BCUT2D eigenvalue weighted by Crippen LogP contribution is 2.23. The number of ketones is 1. The third kappa shape index (κ3) is 4.57. The van der Waals surface area contributed by atoms with Gasteiger partial charge in [0.2, 0.25) is 0 Å². The van der Waals surface area contributed by atoms with E-state index in [1.807, 2.05) is 6.07 Å². The summed E-state index contributed by atoms with van der Waals surface area (Å²) in [6.07, 6.45) is 3.47. The Balaban J connectivity index is 1.49. The van der Waals surface area contributed by atoms with Crippen LogP contribution in [0.2, 0.25) is 0 Å². The number of amides is 1. The fourth-order valence-electron chi connectivity index (χ4n) is 3.11. The van der Waals surface area contributed by atoms with E-state index in [2.05, 4.69) is 17.4 Å². The van der Waals surface area contributed by atoms with Crippen LogP contribution in [-0.4, -0.2) is 24.3 Å². The lowest BCUT2D eigenvalue weighted by Gasteiger charge is -2.08. The summed E-state index contributed by atoms with van der Waals surface area (Å²) < 4.78 is 5.06. The molecule has 5 heteroatoms. The maximum atomic E-state index is 12.0. The molecule has 0 bridgehead atoms. The van der Waals surface area contributed by atoms with E-state index < -0.39 is 11.9 Å². The first-order valence-corrected chi connectivity index (χ1v) is 8.68. The standard InChI is InChI=1S/C21H21NO4/c1-14(23)17-5-3-7-19(12-17)22-20(24)13-26-21(25)11-15-8-9-16-4-2-6-18(16)10-15/h3,5,7-10,12H,2,4,6,11,13H2,1H3,(H,22,24). The van der Waals surface area contributed by atoms with Gasteiger partial charge in [0.1, 0.15) is 0 Å². The second-order valence-corrected chi connectivity index (χ2v) is 6.48. The van der Waals surface area contributed by atoms with Crippen molar-refractivity contribution in [3.05, 3.63) is 64.7 Å². The van der Waals surface area contributed by atoms with Gasteiger partial charge in [0.15, 0.2) is 12.4 Å². The molecule has 0 heterocycles. The molecule has 0 aliphatic heterocycles. The maximum absolute atomic E-state index is 12.0. The molecule has 2 aromatic rings. The van der Waals surface area contributed by atoms with E-state index in [9.17, 15) is 14.4 Å². The van der Waals surface area contributed by atoms with Gasteiger partial charge < -0.3 is 10.1 Å². The molecule has 0 atom stereocenters. The minimum absolute atomic E-state index is 0.0816. The lowest BCUT2D eigenvalue weighted by Crippen LogP contribution is -2.21. The molecule has 0 radical (unpaired) electrons. The van der Waals surface area contributed by atoms with Crippen LogP contribution in [0.4, 0.5) is 5.69 Å². The van der Waals surface area contributed by atoms with E-state index in [1.165, 1.54) is 18.1 Å². The van der Waals surface area contributed by atoms with Gasteiger partial charge in [-0.1, -0.05) is 30.3 Å². The van der Waals surface area contributed by atoms with Crippen LogP contribution in [0.1, 0.15) is 40.4 Å². The molecule has 26 heavy (non-hydrogen) atoms. The summed E-state index contributed by atoms with van der Waals surface area (Å²) in [5.74, 6) is -0.953. The highest BCUT2D eigenvalue weighted by Gasteiger charge is 2.14. The zero-order valence-electron chi connectivity index (χ0n) is 14.7. The number of benzene rings is 2. The van der Waals surface area contributed by atoms with Crippen molar-refractivity contribution in [1.82, 2.24) is 0 Å². The lowest BCUT2D eigenvalue weighted by atomic mass is 10.0. The first-order chi connectivity index (χ1) is 12.5. The van der Waals surface area contributed by atoms with E-state index in [4.69, 9.17) is 4.74 Å². The smallest absolute Gasteiger partial charge is 0.310 e. The van der Waals surface area contributed by atoms with Gasteiger partial charge in [-0.05, 0) is 55.0 Å². The zero-order valence-corrected chi connectivity index (χ0v) is 14.7. The number of rotatable bonds is 6. The van der Waals surface area contributed by atoms with Gasteiger partial charge in [0, 0.05) is 11.3 Å². The number of aryl methyl sites for hydroxylation is 2. The summed E-state index contributed by atoms with van der Waals surface area (Å²) in [4.78, 5) is 35.3. The molecule has 1 aliphatic rings. The first-order valence-electron chi connectivity index (χ1n) is 8.68. The van der Waals surface area contributed by atoms with Crippen LogP contribution in [0.25, 0.3) is 0 Å². The number of esters is 1. The van der Waals surface area contributed by atoms with E-state index in [1.54, 1.807) is 24.3 Å². The molecule has 1 N–H and O–H groups in total. The van der Waals surface area contributed by atoms with Crippen molar-refractivity contribution in [2.45, 2.75) is 32.6 Å². The minimum atomic E-state index is -0.437. The van der Waals surface area contributed by atoms with Gasteiger partial charge >= 0.3 is 5.97 Å². The summed E-state index contributed by atoms with van der Waals surface area (Å²) >= 11 is 0. The molecule has 5 nitrogen and oxygen atoms in total. The average Bonchev–Trinajstić information content (AvgIpc) is 3.08. The van der Waals surface area contributed by atoms with Crippen LogP contribution < -0.4 is 5.32 Å². The molecule has 3 rings (SSSR count). The molecule has 0 aromatic heterocycles. The van der Waals surface area contributed by atoms with Crippen molar-refractivity contribution < 1.29 is 19.1 Å². The summed E-state index contributed by atoms with van der Waals surface area (Å²) in [6.45, 7) is 1.11. The minimum Gasteiger partial charge on any atom is -0.455 e. The third-order valence-corrected chi connectivity index (χ3v) is 4.43. The Morgan fingerprint density at radius 2 is 1.85 bits per heavy atom. The summed E-state index contributed by atoms with van der Waals surface area (Å²) in [5, 5.41) is 2.62. The van der Waals surface area contributed by atoms with Crippen LogP contribution in [0.3, 0.4) is 0 Å². The van der Waals surface area contributed by atoms with Crippen LogP contribution in [0.15, 0.2) is 42.5 Å². The monoisotopic (exact) mass is 351 g/mol. The van der Waals surface area contributed by atoms with Gasteiger partial charge in [0.05, 0.1) is 6.42 Å². The van der Waals surface area contributed by atoms with Crippen molar-refractivity contribution in [3.63, 3.8) is 0 Å². The van der Waals surface area contributed by atoms with Crippen LogP contribution in [0, 0.1) is 0 Å². The number of nitrogens with one attached hydrogen (secondary N) is 1. The van der Waals surface area contributed by atoms with Gasteiger partial charge in [-0.25, -0.2) is 0 Å². The molecular formula is C21H21NO4. The predicted octanol–water partition coefficient (Wildman–Crippen LogP) is 3.10. The maximum Gasteiger partial charge on any atom is 0.310 e. The molecule has 0 saturated heterocycles. The molecule has 2 aromatic carbocycles. The number of anilines is 1. The van der Waals surface area contributed by atoms with Gasteiger partial charge in [-0.15, -0.1) is 0 Å². The molecule has 0 spiro atoms. The lowest BCUT2D eigenvalue weighted by molar-refractivity contribution is -0.146. The fraction of sp³-hybridized carbons (Fsp3) is 0.286. The summed E-state index contributed by atoms with van der Waals surface area (Å²) in [7, 11) is 0. The Kier molecular flexibility index (Phi) is 5.46. The molecule has 0 fully saturated rings. The van der Waals surface area contributed by atoms with E-state index >= 15 is 0 Å². The Hall–Kier alpha value is -2.95. The Morgan fingerprint density at radius 3 is 2.65 bits per heavy atom.